The van der Waals surface area contributed by atoms with Crippen molar-refractivity contribution in [3.63, 3.8) is 0 Å². The first kappa shape index (κ1) is 11.7. The molecule has 0 saturated heterocycles. The van der Waals surface area contributed by atoms with Gasteiger partial charge in [-0.1, -0.05) is 12.1 Å². The van der Waals surface area contributed by atoms with Gasteiger partial charge < -0.3 is 5.11 Å². The zero-order valence-electron chi connectivity index (χ0n) is 9.50. The van der Waals surface area contributed by atoms with Gasteiger partial charge >= 0.3 is 5.97 Å². The summed E-state index contributed by atoms with van der Waals surface area (Å²) < 4.78 is 0. The van der Waals surface area contributed by atoms with Crippen LogP contribution < -0.4 is 5.43 Å². The number of benzene rings is 1. The zero-order chi connectivity index (χ0) is 13.0. The van der Waals surface area contributed by atoms with Crippen LogP contribution in [0.4, 0.5) is 5.69 Å². The number of nitrogens with one attached hydrogen (secondary N) is 1. The average Bonchev–Trinajstić information content (AvgIpc) is 2.39. The van der Waals surface area contributed by atoms with Crippen molar-refractivity contribution in [3.8, 4) is 6.07 Å². The van der Waals surface area contributed by atoms with E-state index in [1.54, 1.807) is 35.4 Å². The van der Waals surface area contributed by atoms with E-state index in [4.69, 9.17) is 10.4 Å². The van der Waals surface area contributed by atoms with Gasteiger partial charge in [-0.25, -0.2) is 4.79 Å². The lowest BCUT2D eigenvalue weighted by molar-refractivity contribution is -0.132. The maximum atomic E-state index is 10.8. The Labute approximate surface area is 104 Å². The number of carboxylic acid groups (broad SMARTS) is 1. The molecule has 1 heterocycles. The SMILES string of the molecule is N#Cc1cccc(NN2C=C(C(=O)O)C=CC2)c1. The van der Waals surface area contributed by atoms with Gasteiger partial charge in [0, 0.05) is 6.20 Å². The van der Waals surface area contributed by atoms with Crippen molar-refractivity contribution in [3.05, 3.63) is 53.8 Å². The number of rotatable bonds is 3. The van der Waals surface area contributed by atoms with Gasteiger partial charge in [0.15, 0.2) is 0 Å². The molecule has 0 atom stereocenters. The smallest absolute Gasteiger partial charge is 0.337 e. The summed E-state index contributed by atoms with van der Waals surface area (Å²) in [5, 5.41) is 19.3. The number of nitriles is 1. The molecule has 2 rings (SSSR count). The Hall–Kier alpha value is -2.74. The van der Waals surface area contributed by atoms with Crippen LogP contribution in [0.1, 0.15) is 5.56 Å². The Morgan fingerprint density at radius 1 is 1.50 bits per heavy atom. The molecule has 0 fully saturated rings. The molecule has 18 heavy (non-hydrogen) atoms. The van der Waals surface area contributed by atoms with Crippen molar-refractivity contribution in [2.45, 2.75) is 0 Å². The van der Waals surface area contributed by atoms with E-state index in [0.717, 1.165) is 5.69 Å². The van der Waals surface area contributed by atoms with Gasteiger partial charge in [0.05, 0.1) is 29.4 Å². The molecule has 0 unspecified atom stereocenters. The Kier molecular flexibility index (Phi) is 3.30. The van der Waals surface area contributed by atoms with E-state index in [-0.39, 0.29) is 5.57 Å². The number of anilines is 1. The number of hydrogen-bond donors (Lipinski definition) is 2. The van der Waals surface area contributed by atoms with Crippen LogP contribution in [0.3, 0.4) is 0 Å². The largest absolute Gasteiger partial charge is 0.478 e. The van der Waals surface area contributed by atoms with Gasteiger partial charge in [0.2, 0.25) is 0 Å². The fourth-order valence-corrected chi connectivity index (χ4v) is 1.59. The number of aliphatic carboxylic acids is 1. The molecule has 2 N–H and O–H groups in total. The summed E-state index contributed by atoms with van der Waals surface area (Å²) in [4.78, 5) is 10.8. The molecule has 0 amide bonds. The maximum absolute atomic E-state index is 10.8. The second-order valence-electron chi connectivity index (χ2n) is 3.75. The molecule has 0 radical (unpaired) electrons. The average molecular weight is 241 g/mol. The molecule has 1 aromatic carbocycles. The molecule has 90 valence electrons. The second-order valence-corrected chi connectivity index (χ2v) is 3.75. The predicted octanol–water partition coefficient (Wildman–Crippen LogP) is 1.73. The van der Waals surface area contributed by atoms with Crippen LogP contribution in [0.25, 0.3) is 0 Å². The number of hydrazine groups is 1. The molecule has 1 aromatic rings. The summed E-state index contributed by atoms with van der Waals surface area (Å²) in [6.45, 7) is 0.563. The van der Waals surface area contributed by atoms with E-state index in [0.29, 0.717) is 12.1 Å². The van der Waals surface area contributed by atoms with Crippen LogP contribution in [0.5, 0.6) is 0 Å². The first-order chi connectivity index (χ1) is 8.69. The molecule has 0 bridgehead atoms. The van der Waals surface area contributed by atoms with Gasteiger partial charge in [0.1, 0.15) is 0 Å². The van der Waals surface area contributed by atoms with Crippen LogP contribution >= 0.6 is 0 Å². The minimum absolute atomic E-state index is 0.213. The summed E-state index contributed by atoms with van der Waals surface area (Å²) in [6, 6.07) is 9.04. The highest BCUT2D eigenvalue weighted by Gasteiger charge is 2.10. The Bertz CT molecular complexity index is 570. The number of hydrogen-bond acceptors (Lipinski definition) is 4. The maximum Gasteiger partial charge on any atom is 0.337 e. The molecule has 0 spiro atoms. The van der Waals surface area contributed by atoms with Crippen LogP contribution in [0.2, 0.25) is 0 Å². The van der Waals surface area contributed by atoms with E-state index >= 15 is 0 Å². The third-order valence-electron chi connectivity index (χ3n) is 2.41. The van der Waals surface area contributed by atoms with Crippen molar-refractivity contribution >= 4 is 11.7 Å². The number of carbonyl (C=O) groups is 1. The minimum Gasteiger partial charge on any atom is -0.478 e. The van der Waals surface area contributed by atoms with Gasteiger partial charge in [-0.2, -0.15) is 5.26 Å². The quantitative estimate of drug-likeness (QED) is 0.842. The van der Waals surface area contributed by atoms with Crippen LogP contribution in [-0.2, 0) is 4.79 Å². The standard InChI is InChI=1S/C13H11N3O2/c14-8-10-3-1-5-12(7-10)15-16-6-2-4-11(9-16)13(17)18/h1-5,7,9,15H,6H2,(H,17,18). The molecule has 0 aromatic heterocycles. The normalized spacial score (nSPS) is 13.7. The summed E-state index contributed by atoms with van der Waals surface area (Å²) >= 11 is 0. The van der Waals surface area contributed by atoms with E-state index in [9.17, 15) is 4.79 Å². The molecule has 5 heteroatoms. The van der Waals surface area contributed by atoms with Crippen molar-refractivity contribution in [1.29, 1.82) is 5.26 Å². The fourth-order valence-electron chi connectivity index (χ4n) is 1.59. The van der Waals surface area contributed by atoms with Crippen LogP contribution in [0, 0.1) is 11.3 Å². The van der Waals surface area contributed by atoms with E-state index in [1.807, 2.05) is 12.1 Å². The first-order valence-corrected chi connectivity index (χ1v) is 5.34. The topological polar surface area (TPSA) is 76.4 Å². The first-order valence-electron chi connectivity index (χ1n) is 5.34. The predicted molar refractivity (Wildman–Crippen MR) is 66.3 cm³/mol. The van der Waals surface area contributed by atoms with Crippen molar-refractivity contribution in [2.24, 2.45) is 0 Å². The molecular formula is C13H11N3O2. The van der Waals surface area contributed by atoms with E-state index in [1.165, 1.54) is 6.20 Å². The molecule has 0 aliphatic carbocycles. The fraction of sp³-hybridized carbons (Fsp3) is 0.0769. The van der Waals surface area contributed by atoms with Gasteiger partial charge in [0.25, 0.3) is 0 Å². The summed E-state index contributed by atoms with van der Waals surface area (Å²) in [5.74, 6) is -0.969. The third kappa shape index (κ3) is 2.68. The minimum atomic E-state index is -0.969. The highest BCUT2D eigenvalue weighted by molar-refractivity contribution is 5.89. The summed E-state index contributed by atoms with van der Waals surface area (Å²) in [7, 11) is 0. The Morgan fingerprint density at radius 2 is 2.33 bits per heavy atom. The van der Waals surface area contributed by atoms with Crippen molar-refractivity contribution in [1.82, 2.24) is 5.01 Å². The van der Waals surface area contributed by atoms with Gasteiger partial charge in [-0.15, -0.1) is 0 Å². The molecule has 1 aliphatic heterocycles. The lowest BCUT2D eigenvalue weighted by Crippen LogP contribution is -2.27. The Balaban J connectivity index is 2.13. The van der Waals surface area contributed by atoms with Gasteiger partial charge in [-0.3, -0.25) is 10.4 Å². The second kappa shape index (κ2) is 5.06. The van der Waals surface area contributed by atoms with Gasteiger partial charge in [-0.05, 0) is 24.3 Å². The van der Waals surface area contributed by atoms with E-state index < -0.39 is 5.97 Å². The molecular weight excluding hydrogens is 230 g/mol. The number of carboxylic acids is 1. The monoisotopic (exact) mass is 241 g/mol. The highest BCUT2D eigenvalue weighted by Crippen LogP contribution is 2.14. The van der Waals surface area contributed by atoms with Crippen LogP contribution in [0.15, 0.2) is 48.2 Å². The molecule has 0 saturated carbocycles. The van der Waals surface area contributed by atoms with Crippen molar-refractivity contribution < 1.29 is 9.90 Å². The lowest BCUT2D eigenvalue weighted by Gasteiger charge is -2.24. The lowest BCUT2D eigenvalue weighted by atomic mass is 10.2. The number of nitrogens with zero attached hydrogens (tertiary/aromatic N) is 2. The third-order valence-corrected chi connectivity index (χ3v) is 2.41. The summed E-state index contributed by atoms with van der Waals surface area (Å²) in [5.41, 5.74) is 4.54. The molecule has 1 aliphatic rings. The summed E-state index contributed by atoms with van der Waals surface area (Å²) in [6.07, 6.45) is 4.83. The highest BCUT2D eigenvalue weighted by atomic mass is 16.4. The van der Waals surface area contributed by atoms with E-state index in [2.05, 4.69) is 5.43 Å². The zero-order valence-corrected chi connectivity index (χ0v) is 9.50. The Morgan fingerprint density at radius 3 is 3.06 bits per heavy atom. The molecule has 5 nitrogen and oxygen atoms in total. The van der Waals surface area contributed by atoms with Crippen LogP contribution in [-0.4, -0.2) is 22.6 Å². The van der Waals surface area contributed by atoms with Crippen molar-refractivity contribution in [2.75, 3.05) is 12.0 Å².